The van der Waals surface area contributed by atoms with Crippen LogP contribution in [0.3, 0.4) is 0 Å². The molecular weight excluding hydrogens is 376 g/mol. The van der Waals surface area contributed by atoms with Gasteiger partial charge in [0.25, 0.3) is 5.91 Å². The number of amides is 1. The fourth-order valence-electron chi connectivity index (χ4n) is 3.34. The van der Waals surface area contributed by atoms with Gasteiger partial charge >= 0.3 is 0 Å². The van der Waals surface area contributed by atoms with Crippen molar-refractivity contribution < 1.29 is 17.9 Å². The number of aryl methyl sites for hydroxylation is 1. The molecule has 0 saturated carbocycles. The van der Waals surface area contributed by atoms with Gasteiger partial charge in [-0.3, -0.25) is 9.10 Å². The number of para-hydroxylation sites is 2. The zero-order chi connectivity index (χ0) is 20.3. The van der Waals surface area contributed by atoms with Crippen LogP contribution in [0.1, 0.15) is 36.9 Å². The quantitative estimate of drug-likeness (QED) is 0.833. The summed E-state index contributed by atoms with van der Waals surface area (Å²) in [7, 11) is -3.46. The predicted octanol–water partition coefficient (Wildman–Crippen LogP) is 3.18. The molecule has 0 saturated heterocycles. The van der Waals surface area contributed by atoms with Gasteiger partial charge in [0, 0.05) is 13.0 Å². The summed E-state index contributed by atoms with van der Waals surface area (Å²) in [5.74, 6) is 0.159. The lowest BCUT2D eigenvalue weighted by atomic mass is 10.0. The summed E-state index contributed by atoms with van der Waals surface area (Å²) in [6, 6.07) is 14.8. The van der Waals surface area contributed by atoms with Crippen molar-refractivity contribution in [3.05, 3.63) is 59.7 Å². The fraction of sp³-hybridized carbons (Fsp3) is 0.381. The molecule has 1 N–H and O–H groups in total. The molecule has 0 spiro atoms. The van der Waals surface area contributed by atoms with E-state index in [2.05, 4.69) is 5.32 Å². The Kier molecular flexibility index (Phi) is 5.93. The molecule has 0 aromatic heterocycles. The van der Waals surface area contributed by atoms with Gasteiger partial charge in [0.1, 0.15) is 5.75 Å². The van der Waals surface area contributed by atoms with Gasteiger partial charge in [0.05, 0.1) is 18.0 Å². The van der Waals surface area contributed by atoms with Gasteiger partial charge in [0.2, 0.25) is 10.0 Å². The highest BCUT2D eigenvalue weighted by Crippen LogP contribution is 2.34. The van der Waals surface area contributed by atoms with Crippen molar-refractivity contribution in [1.29, 1.82) is 0 Å². The highest BCUT2D eigenvalue weighted by molar-refractivity contribution is 7.92. The molecule has 6 nitrogen and oxygen atoms in total. The highest BCUT2D eigenvalue weighted by atomic mass is 32.2. The van der Waals surface area contributed by atoms with Gasteiger partial charge in [-0.05, 0) is 31.0 Å². The molecule has 3 rings (SSSR count). The van der Waals surface area contributed by atoms with E-state index < -0.39 is 16.1 Å². The van der Waals surface area contributed by atoms with Crippen molar-refractivity contribution in [2.75, 3.05) is 17.1 Å². The monoisotopic (exact) mass is 402 g/mol. The number of hydrogen-bond acceptors (Lipinski definition) is 4. The van der Waals surface area contributed by atoms with Crippen molar-refractivity contribution in [3.8, 4) is 5.75 Å². The summed E-state index contributed by atoms with van der Waals surface area (Å²) >= 11 is 0. The molecule has 150 valence electrons. The van der Waals surface area contributed by atoms with Gasteiger partial charge in [0.15, 0.2) is 6.10 Å². The van der Waals surface area contributed by atoms with E-state index in [0.29, 0.717) is 11.4 Å². The van der Waals surface area contributed by atoms with Crippen molar-refractivity contribution in [2.24, 2.45) is 0 Å². The maximum atomic E-state index is 12.9. The lowest BCUT2D eigenvalue weighted by molar-refractivity contribution is -0.128. The van der Waals surface area contributed by atoms with Crippen molar-refractivity contribution in [1.82, 2.24) is 5.32 Å². The maximum absolute atomic E-state index is 12.9. The minimum atomic E-state index is -3.46. The summed E-state index contributed by atoms with van der Waals surface area (Å²) in [5, 5.41) is 3.05. The molecule has 28 heavy (non-hydrogen) atoms. The van der Waals surface area contributed by atoms with Crippen molar-refractivity contribution >= 4 is 21.6 Å². The Hall–Kier alpha value is -2.54. The molecule has 2 aromatic carbocycles. The lowest BCUT2D eigenvalue weighted by Gasteiger charge is -2.22. The number of benzene rings is 2. The number of anilines is 1. The summed E-state index contributed by atoms with van der Waals surface area (Å²) in [5.41, 5.74) is 2.66. The first-order valence-corrected chi connectivity index (χ1v) is 11.2. The van der Waals surface area contributed by atoms with Gasteiger partial charge in [-0.2, -0.15) is 0 Å². The number of nitrogens with zero attached hydrogens (tertiary/aromatic N) is 1. The van der Waals surface area contributed by atoms with E-state index in [1.807, 2.05) is 38.1 Å². The summed E-state index contributed by atoms with van der Waals surface area (Å²) < 4.78 is 31.6. The number of carbonyl (C=O) groups excluding carboxylic acids is 1. The number of rotatable bonds is 5. The maximum Gasteiger partial charge on any atom is 0.261 e. The number of carbonyl (C=O) groups is 1. The number of ether oxygens (including phenoxy) is 1. The van der Waals surface area contributed by atoms with Crippen molar-refractivity contribution in [2.45, 2.75) is 38.8 Å². The molecular formula is C21H26N2O4S. The second kappa shape index (κ2) is 8.22. The van der Waals surface area contributed by atoms with Gasteiger partial charge in [-0.15, -0.1) is 0 Å². The number of nitrogens with one attached hydrogen (secondary N) is 1. The van der Waals surface area contributed by atoms with Gasteiger partial charge in [-0.25, -0.2) is 8.42 Å². The molecule has 1 heterocycles. The SMILES string of the molecule is CC[C@@H](NC(=O)[C@H]1CCN(S(C)(=O)=O)c2ccccc2O1)c1ccc(C)cc1. The molecule has 0 unspecified atom stereocenters. The van der Waals surface area contributed by atoms with Gasteiger partial charge < -0.3 is 10.1 Å². The van der Waals surface area contributed by atoms with Crippen LogP contribution in [0.15, 0.2) is 48.5 Å². The Morgan fingerprint density at radius 2 is 1.89 bits per heavy atom. The standard InChI is InChI=1S/C21H26N2O4S/c1-4-17(16-11-9-15(2)10-12-16)22-21(24)20-13-14-23(28(3,25)26)18-7-5-6-8-19(18)27-20/h5-12,17,20H,4,13-14H2,1-3H3,(H,22,24)/t17-,20-/m1/s1. The van der Waals surface area contributed by atoms with Crippen LogP contribution in [-0.2, 0) is 14.8 Å². The first kappa shape index (κ1) is 20.2. The van der Waals surface area contributed by atoms with E-state index in [-0.39, 0.29) is 24.9 Å². The summed E-state index contributed by atoms with van der Waals surface area (Å²) in [6.45, 7) is 4.22. The Morgan fingerprint density at radius 1 is 1.21 bits per heavy atom. The number of hydrogen-bond donors (Lipinski definition) is 1. The predicted molar refractivity (Wildman–Crippen MR) is 110 cm³/mol. The normalized spacial score (nSPS) is 17.8. The largest absolute Gasteiger partial charge is 0.478 e. The molecule has 1 amide bonds. The third kappa shape index (κ3) is 4.47. The van der Waals surface area contributed by atoms with E-state index in [0.717, 1.165) is 23.8 Å². The smallest absolute Gasteiger partial charge is 0.261 e. The molecule has 1 aliphatic heterocycles. The van der Waals surface area contributed by atoms with Crippen LogP contribution < -0.4 is 14.4 Å². The topological polar surface area (TPSA) is 75.7 Å². The third-order valence-corrected chi connectivity index (χ3v) is 6.07. The minimum Gasteiger partial charge on any atom is -0.478 e. The lowest BCUT2D eigenvalue weighted by Crippen LogP contribution is -2.41. The van der Waals surface area contributed by atoms with Crippen molar-refractivity contribution in [3.63, 3.8) is 0 Å². The fourth-order valence-corrected chi connectivity index (χ4v) is 4.29. The molecule has 0 radical (unpaired) electrons. The first-order valence-electron chi connectivity index (χ1n) is 9.40. The average Bonchev–Trinajstić information content (AvgIpc) is 2.86. The summed E-state index contributed by atoms with van der Waals surface area (Å²) in [6.07, 6.45) is 1.42. The van der Waals surface area contributed by atoms with Crippen LogP contribution >= 0.6 is 0 Å². The van der Waals surface area contributed by atoms with E-state index in [1.54, 1.807) is 24.3 Å². The summed E-state index contributed by atoms with van der Waals surface area (Å²) in [4.78, 5) is 12.9. The Morgan fingerprint density at radius 3 is 2.54 bits per heavy atom. The number of sulfonamides is 1. The second-order valence-electron chi connectivity index (χ2n) is 7.08. The molecule has 0 aliphatic carbocycles. The molecule has 1 aliphatic rings. The van der Waals surface area contributed by atoms with Crippen LogP contribution in [0.4, 0.5) is 5.69 Å². The highest BCUT2D eigenvalue weighted by Gasteiger charge is 2.31. The number of fused-ring (bicyclic) bond motifs is 1. The molecule has 2 atom stereocenters. The van der Waals surface area contributed by atoms with E-state index in [4.69, 9.17) is 4.74 Å². The Labute approximate surface area is 166 Å². The second-order valence-corrected chi connectivity index (χ2v) is 8.98. The minimum absolute atomic E-state index is 0.124. The molecule has 0 fully saturated rings. The van der Waals surface area contributed by atoms with Crippen LogP contribution in [0, 0.1) is 6.92 Å². The van der Waals surface area contributed by atoms with Crippen LogP contribution in [-0.4, -0.2) is 33.2 Å². The third-order valence-electron chi connectivity index (χ3n) is 4.89. The van der Waals surface area contributed by atoms with E-state index in [9.17, 15) is 13.2 Å². The first-order chi connectivity index (χ1) is 13.3. The zero-order valence-corrected chi connectivity index (χ0v) is 17.2. The Bertz CT molecular complexity index is 941. The molecule has 2 aromatic rings. The van der Waals surface area contributed by atoms with E-state index in [1.165, 1.54) is 4.31 Å². The van der Waals surface area contributed by atoms with Crippen LogP contribution in [0.5, 0.6) is 5.75 Å². The molecule has 0 bridgehead atoms. The average molecular weight is 403 g/mol. The van der Waals surface area contributed by atoms with Crippen LogP contribution in [0.2, 0.25) is 0 Å². The zero-order valence-electron chi connectivity index (χ0n) is 16.4. The van der Waals surface area contributed by atoms with Gasteiger partial charge in [-0.1, -0.05) is 48.9 Å². The molecule has 7 heteroatoms. The van der Waals surface area contributed by atoms with Crippen LogP contribution in [0.25, 0.3) is 0 Å². The van der Waals surface area contributed by atoms with E-state index >= 15 is 0 Å². The Balaban J connectivity index is 1.80.